The molecule has 3 rings (SSSR count). The Labute approximate surface area is 152 Å². The van der Waals surface area contributed by atoms with E-state index < -0.39 is 0 Å². The SMILES string of the molecule is COc1cc2cc(OC)c(OC)cc2c(-c2ccc(OC)c(OC)c2)n1. The summed E-state index contributed by atoms with van der Waals surface area (Å²) < 4.78 is 27.0. The summed E-state index contributed by atoms with van der Waals surface area (Å²) in [6, 6.07) is 11.3. The van der Waals surface area contributed by atoms with Gasteiger partial charge in [-0.3, -0.25) is 0 Å². The van der Waals surface area contributed by atoms with Crippen LogP contribution in [0.25, 0.3) is 22.0 Å². The number of benzene rings is 2. The highest BCUT2D eigenvalue weighted by Crippen LogP contribution is 2.39. The van der Waals surface area contributed by atoms with Gasteiger partial charge < -0.3 is 23.7 Å². The normalized spacial score (nSPS) is 10.5. The second-order valence-corrected chi connectivity index (χ2v) is 5.51. The van der Waals surface area contributed by atoms with E-state index in [4.69, 9.17) is 23.7 Å². The van der Waals surface area contributed by atoms with Gasteiger partial charge in [-0.2, -0.15) is 0 Å². The van der Waals surface area contributed by atoms with Gasteiger partial charge >= 0.3 is 0 Å². The van der Waals surface area contributed by atoms with Crippen molar-refractivity contribution in [2.24, 2.45) is 0 Å². The third kappa shape index (κ3) is 3.06. The molecule has 6 heteroatoms. The summed E-state index contributed by atoms with van der Waals surface area (Å²) in [5.74, 6) is 3.07. The molecule has 0 bridgehead atoms. The van der Waals surface area contributed by atoms with E-state index in [1.807, 2.05) is 36.4 Å². The number of pyridine rings is 1. The highest BCUT2D eigenvalue weighted by molar-refractivity contribution is 5.97. The summed E-state index contributed by atoms with van der Waals surface area (Å²) in [6.07, 6.45) is 0. The minimum atomic E-state index is 0.509. The highest BCUT2D eigenvalue weighted by atomic mass is 16.5. The summed E-state index contributed by atoms with van der Waals surface area (Å²) in [5.41, 5.74) is 1.63. The van der Waals surface area contributed by atoms with E-state index >= 15 is 0 Å². The van der Waals surface area contributed by atoms with Gasteiger partial charge in [-0.05, 0) is 35.7 Å². The molecule has 0 atom stereocenters. The van der Waals surface area contributed by atoms with Gasteiger partial charge in [0, 0.05) is 17.0 Å². The van der Waals surface area contributed by atoms with Crippen LogP contribution in [0.1, 0.15) is 0 Å². The van der Waals surface area contributed by atoms with Crippen LogP contribution in [0.2, 0.25) is 0 Å². The molecule has 1 heterocycles. The molecule has 0 saturated carbocycles. The number of rotatable bonds is 6. The van der Waals surface area contributed by atoms with E-state index in [1.54, 1.807) is 35.5 Å². The molecule has 0 spiro atoms. The summed E-state index contributed by atoms with van der Waals surface area (Å²) in [4.78, 5) is 4.64. The van der Waals surface area contributed by atoms with E-state index in [9.17, 15) is 0 Å². The molecule has 6 nitrogen and oxygen atoms in total. The van der Waals surface area contributed by atoms with Crippen molar-refractivity contribution in [3.63, 3.8) is 0 Å². The average molecular weight is 355 g/mol. The van der Waals surface area contributed by atoms with Crippen molar-refractivity contribution >= 4 is 10.8 Å². The fourth-order valence-corrected chi connectivity index (χ4v) is 2.86. The van der Waals surface area contributed by atoms with Gasteiger partial charge in [0.15, 0.2) is 23.0 Å². The second-order valence-electron chi connectivity index (χ2n) is 5.51. The number of methoxy groups -OCH3 is 5. The van der Waals surface area contributed by atoms with Gasteiger partial charge in [-0.15, -0.1) is 0 Å². The van der Waals surface area contributed by atoms with Gasteiger partial charge in [0.05, 0.1) is 41.2 Å². The Hall–Kier alpha value is -3.15. The van der Waals surface area contributed by atoms with E-state index in [0.29, 0.717) is 28.9 Å². The summed E-state index contributed by atoms with van der Waals surface area (Å²) in [5, 5.41) is 1.84. The maximum absolute atomic E-state index is 5.44. The number of aromatic nitrogens is 1. The predicted molar refractivity (Wildman–Crippen MR) is 99.9 cm³/mol. The fourth-order valence-electron chi connectivity index (χ4n) is 2.86. The molecular formula is C20H21NO5. The van der Waals surface area contributed by atoms with Crippen molar-refractivity contribution in [2.45, 2.75) is 0 Å². The zero-order chi connectivity index (χ0) is 18.7. The van der Waals surface area contributed by atoms with Gasteiger partial charge in [0.1, 0.15) is 0 Å². The Morgan fingerprint density at radius 1 is 0.615 bits per heavy atom. The molecule has 0 radical (unpaired) electrons. The molecule has 0 unspecified atom stereocenters. The van der Waals surface area contributed by atoms with Gasteiger partial charge in [0.25, 0.3) is 0 Å². The second kappa shape index (κ2) is 7.39. The number of fused-ring (bicyclic) bond motifs is 1. The van der Waals surface area contributed by atoms with Gasteiger partial charge in [-0.25, -0.2) is 4.98 Å². The molecule has 0 fully saturated rings. The molecule has 136 valence electrons. The Bertz CT molecular complexity index is 939. The fraction of sp³-hybridized carbons (Fsp3) is 0.250. The lowest BCUT2D eigenvalue weighted by atomic mass is 10.0. The van der Waals surface area contributed by atoms with E-state index in [2.05, 4.69) is 4.98 Å². The van der Waals surface area contributed by atoms with Crippen molar-refractivity contribution in [1.82, 2.24) is 4.98 Å². The number of hydrogen-bond donors (Lipinski definition) is 0. The Morgan fingerprint density at radius 3 is 1.85 bits per heavy atom. The average Bonchev–Trinajstić information content (AvgIpc) is 2.71. The zero-order valence-corrected chi connectivity index (χ0v) is 15.5. The van der Waals surface area contributed by atoms with Crippen molar-refractivity contribution < 1.29 is 23.7 Å². The van der Waals surface area contributed by atoms with Crippen LogP contribution in [0, 0.1) is 0 Å². The molecule has 0 aliphatic heterocycles. The lowest BCUT2D eigenvalue weighted by Gasteiger charge is -2.14. The first-order valence-corrected chi connectivity index (χ1v) is 7.98. The van der Waals surface area contributed by atoms with Crippen molar-refractivity contribution in [1.29, 1.82) is 0 Å². The first-order valence-electron chi connectivity index (χ1n) is 7.98. The van der Waals surface area contributed by atoms with Crippen LogP contribution in [0.15, 0.2) is 36.4 Å². The molecule has 0 amide bonds. The lowest BCUT2D eigenvalue weighted by molar-refractivity contribution is 0.355. The van der Waals surface area contributed by atoms with Crippen molar-refractivity contribution in [2.75, 3.05) is 35.5 Å². The van der Waals surface area contributed by atoms with Crippen LogP contribution in [-0.4, -0.2) is 40.5 Å². The predicted octanol–water partition coefficient (Wildman–Crippen LogP) is 3.94. The number of nitrogens with zero attached hydrogens (tertiary/aromatic N) is 1. The number of hydrogen-bond acceptors (Lipinski definition) is 6. The third-order valence-corrected chi connectivity index (χ3v) is 4.18. The molecule has 3 aromatic rings. The molecule has 2 aromatic carbocycles. The standard InChI is InChI=1S/C20H21NO5/c1-22-15-7-6-12(8-16(15)23-2)20-14-11-18(25-4)17(24-3)9-13(14)10-19(21-20)26-5/h6-11H,1-5H3. The molecular weight excluding hydrogens is 334 g/mol. The summed E-state index contributed by atoms with van der Waals surface area (Å²) in [6.45, 7) is 0. The van der Waals surface area contributed by atoms with E-state index in [0.717, 1.165) is 22.0 Å². The molecule has 0 N–H and O–H groups in total. The quantitative estimate of drug-likeness (QED) is 0.667. The maximum atomic E-state index is 5.44. The van der Waals surface area contributed by atoms with Crippen LogP contribution in [0.3, 0.4) is 0 Å². The van der Waals surface area contributed by atoms with Crippen LogP contribution >= 0.6 is 0 Å². The number of ether oxygens (including phenoxy) is 5. The maximum Gasteiger partial charge on any atom is 0.214 e. The monoisotopic (exact) mass is 355 g/mol. The third-order valence-electron chi connectivity index (χ3n) is 4.18. The zero-order valence-electron chi connectivity index (χ0n) is 15.5. The van der Waals surface area contributed by atoms with Crippen LogP contribution in [0.4, 0.5) is 0 Å². The van der Waals surface area contributed by atoms with Crippen molar-refractivity contribution in [3.8, 4) is 40.1 Å². The van der Waals surface area contributed by atoms with Crippen LogP contribution < -0.4 is 23.7 Å². The molecule has 1 aromatic heterocycles. The largest absolute Gasteiger partial charge is 0.493 e. The molecule has 26 heavy (non-hydrogen) atoms. The van der Waals surface area contributed by atoms with Crippen molar-refractivity contribution in [3.05, 3.63) is 36.4 Å². The van der Waals surface area contributed by atoms with Crippen LogP contribution in [-0.2, 0) is 0 Å². The van der Waals surface area contributed by atoms with Gasteiger partial charge in [0.2, 0.25) is 5.88 Å². The Balaban J connectivity index is 2.30. The molecule has 0 aliphatic carbocycles. The van der Waals surface area contributed by atoms with Crippen LogP contribution in [0.5, 0.6) is 28.9 Å². The Morgan fingerprint density at radius 2 is 1.23 bits per heavy atom. The first kappa shape index (κ1) is 17.7. The highest BCUT2D eigenvalue weighted by Gasteiger charge is 2.15. The topological polar surface area (TPSA) is 59.0 Å². The Kier molecular flexibility index (Phi) is 5.02. The van der Waals surface area contributed by atoms with E-state index in [1.165, 1.54) is 0 Å². The smallest absolute Gasteiger partial charge is 0.214 e. The van der Waals surface area contributed by atoms with Gasteiger partial charge in [-0.1, -0.05) is 0 Å². The summed E-state index contributed by atoms with van der Waals surface area (Å²) in [7, 11) is 8.02. The summed E-state index contributed by atoms with van der Waals surface area (Å²) >= 11 is 0. The first-order chi connectivity index (χ1) is 12.6. The lowest BCUT2D eigenvalue weighted by Crippen LogP contribution is -1.96. The minimum Gasteiger partial charge on any atom is -0.493 e. The molecule has 0 saturated heterocycles. The molecule has 0 aliphatic rings. The van der Waals surface area contributed by atoms with E-state index in [-0.39, 0.29) is 0 Å². The minimum absolute atomic E-state index is 0.509.